The Balaban J connectivity index is 1.71. The summed E-state index contributed by atoms with van der Waals surface area (Å²) in [7, 11) is 0. The van der Waals surface area contributed by atoms with Crippen LogP contribution in [0, 0.1) is 0 Å². The Morgan fingerprint density at radius 3 is 2.61 bits per heavy atom. The lowest BCUT2D eigenvalue weighted by molar-refractivity contribution is -0.118. The standard InChI is InChI=1S/C23H22N2O2S/c1-16(2)19-11-6-12-20-22(19)24-23(28-20)25(15-18-10-7-13-27-18)21(26)14-17-8-4-3-5-9-17/h3-13,16H,14-15H2,1-2H3. The molecule has 2 heterocycles. The van der Waals surface area contributed by atoms with Crippen LogP contribution in [0.15, 0.2) is 71.3 Å². The molecule has 2 aromatic heterocycles. The van der Waals surface area contributed by atoms with E-state index in [1.807, 2.05) is 42.5 Å². The van der Waals surface area contributed by atoms with E-state index in [9.17, 15) is 4.79 Å². The first-order valence-corrected chi connectivity index (χ1v) is 10.2. The van der Waals surface area contributed by atoms with E-state index in [4.69, 9.17) is 9.40 Å². The maximum atomic E-state index is 13.2. The highest BCUT2D eigenvalue weighted by Crippen LogP contribution is 2.34. The largest absolute Gasteiger partial charge is 0.467 e. The first kappa shape index (κ1) is 18.4. The normalized spacial score (nSPS) is 11.2. The van der Waals surface area contributed by atoms with Gasteiger partial charge in [-0.2, -0.15) is 0 Å². The van der Waals surface area contributed by atoms with Crippen molar-refractivity contribution in [3.8, 4) is 0 Å². The minimum atomic E-state index is 0.00718. The topological polar surface area (TPSA) is 46.3 Å². The predicted octanol–water partition coefficient (Wildman–Crippen LogP) is 5.79. The highest BCUT2D eigenvalue weighted by Gasteiger charge is 2.22. The summed E-state index contributed by atoms with van der Waals surface area (Å²) in [6, 6.07) is 19.8. The molecule has 0 saturated heterocycles. The predicted molar refractivity (Wildman–Crippen MR) is 114 cm³/mol. The Hall–Kier alpha value is -2.92. The van der Waals surface area contributed by atoms with E-state index in [1.165, 1.54) is 5.56 Å². The van der Waals surface area contributed by atoms with Crippen molar-refractivity contribution in [1.82, 2.24) is 4.98 Å². The summed E-state index contributed by atoms with van der Waals surface area (Å²) in [5.74, 6) is 1.12. The number of fused-ring (bicyclic) bond motifs is 1. The Morgan fingerprint density at radius 2 is 1.89 bits per heavy atom. The average Bonchev–Trinajstić information content (AvgIpc) is 3.35. The van der Waals surface area contributed by atoms with Gasteiger partial charge in [0.15, 0.2) is 5.13 Å². The third-order valence-electron chi connectivity index (χ3n) is 4.69. The fourth-order valence-corrected chi connectivity index (χ4v) is 4.24. The molecule has 0 atom stereocenters. The van der Waals surface area contributed by atoms with Crippen molar-refractivity contribution >= 4 is 32.6 Å². The van der Waals surface area contributed by atoms with Crippen molar-refractivity contribution < 1.29 is 9.21 Å². The van der Waals surface area contributed by atoms with E-state index in [-0.39, 0.29) is 5.91 Å². The summed E-state index contributed by atoms with van der Waals surface area (Å²) in [6.07, 6.45) is 1.96. The second kappa shape index (κ2) is 7.98. The number of furan rings is 1. The van der Waals surface area contributed by atoms with Gasteiger partial charge in [0.1, 0.15) is 5.76 Å². The highest BCUT2D eigenvalue weighted by atomic mass is 32.1. The molecule has 0 N–H and O–H groups in total. The van der Waals surface area contributed by atoms with Crippen molar-refractivity contribution in [3.05, 3.63) is 83.8 Å². The van der Waals surface area contributed by atoms with Gasteiger partial charge in [0.05, 0.1) is 29.4 Å². The number of para-hydroxylation sites is 1. The number of hydrogen-bond donors (Lipinski definition) is 0. The molecule has 0 aliphatic carbocycles. The van der Waals surface area contributed by atoms with Crippen LogP contribution in [0.4, 0.5) is 5.13 Å². The lowest BCUT2D eigenvalue weighted by atomic mass is 10.0. The number of hydrogen-bond acceptors (Lipinski definition) is 4. The van der Waals surface area contributed by atoms with Gasteiger partial charge in [0.2, 0.25) is 5.91 Å². The average molecular weight is 391 g/mol. The Bertz CT molecular complexity index is 1070. The third kappa shape index (κ3) is 3.85. The molecule has 142 valence electrons. The van der Waals surface area contributed by atoms with Crippen molar-refractivity contribution in [2.75, 3.05) is 4.90 Å². The number of aromatic nitrogens is 1. The number of nitrogens with zero attached hydrogens (tertiary/aromatic N) is 2. The molecule has 0 radical (unpaired) electrons. The van der Waals surface area contributed by atoms with Gasteiger partial charge in [-0.05, 0) is 35.2 Å². The van der Waals surface area contributed by atoms with Gasteiger partial charge < -0.3 is 4.42 Å². The van der Waals surface area contributed by atoms with Gasteiger partial charge in [-0.1, -0.05) is 67.6 Å². The number of carbonyl (C=O) groups is 1. The van der Waals surface area contributed by atoms with Crippen molar-refractivity contribution in [2.45, 2.75) is 32.7 Å². The van der Waals surface area contributed by atoms with Crippen molar-refractivity contribution in [3.63, 3.8) is 0 Å². The van der Waals surface area contributed by atoms with Crippen LogP contribution < -0.4 is 4.90 Å². The van der Waals surface area contributed by atoms with Gasteiger partial charge in [0.25, 0.3) is 0 Å². The van der Waals surface area contributed by atoms with Gasteiger partial charge in [-0.25, -0.2) is 4.98 Å². The van der Waals surface area contributed by atoms with Crippen molar-refractivity contribution in [1.29, 1.82) is 0 Å². The number of amides is 1. The molecule has 0 fully saturated rings. The van der Waals surface area contributed by atoms with Crippen LogP contribution >= 0.6 is 11.3 Å². The number of carbonyl (C=O) groups excluding carboxylic acids is 1. The van der Waals surface area contributed by atoms with Crippen LogP contribution in [-0.2, 0) is 17.8 Å². The molecule has 4 aromatic rings. The maximum absolute atomic E-state index is 13.2. The minimum absolute atomic E-state index is 0.00718. The van der Waals surface area contributed by atoms with Crippen LogP contribution in [0.3, 0.4) is 0 Å². The fraction of sp³-hybridized carbons (Fsp3) is 0.217. The second-order valence-electron chi connectivity index (χ2n) is 7.07. The van der Waals surface area contributed by atoms with Gasteiger partial charge in [0, 0.05) is 0 Å². The summed E-state index contributed by atoms with van der Waals surface area (Å²) >= 11 is 1.55. The molecule has 5 heteroatoms. The summed E-state index contributed by atoms with van der Waals surface area (Å²) in [5.41, 5.74) is 3.17. The molecule has 28 heavy (non-hydrogen) atoms. The smallest absolute Gasteiger partial charge is 0.233 e. The second-order valence-corrected chi connectivity index (χ2v) is 8.08. The lowest BCUT2D eigenvalue weighted by Gasteiger charge is -2.18. The third-order valence-corrected chi connectivity index (χ3v) is 5.73. The van der Waals surface area contributed by atoms with Crippen LogP contribution in [0.2, 0.25) is 0 Å². The quantitative estimate of drug-likeness (QED) is 0.419. The zero-order valence-corrected chi connectivity index (χ0v) is 16.8. The molecule has 4 rings (SSSR count). The molecule has 0 aliphatic heterocycles. The van der Waals surface area contributed by atoms with Crippen LogP contribution in [-0.4, -0.2) is 10.9 Å². The number of benzene rings is 2. The van der Waals surface area contributed by atoms with Gasteiger partial charge in [-0.15, -0.1) is 0 Å². The summed E-state index contributed by atoms with van der Waals surface area (Å²) in [6.45, 7) is 4.69. The maximum Gasteiger partial charge on any atom is 0.233 e. The van der Waals surface area contributed by atoms with E-state index in [0.717, 1.165) is 21.5 Å². The van der Waals surface area contributed by atoms with E-state index in [0.29, 0.717) is 24.0 Å². The molecule has 0 spiro atoms. The number of thiazole rings is 1. The molecule has 0 unspecified atom stereocenters. The molecule has 0 saturated carbocycles. The first-order chi connectivity index (χ1) is 13.6. The Kier molecular flexibility index (Phi) is 5.26. The van der Waals surface area contributed by atoms with E-state index in [1.54, 1.807) is 22.5 Å². The molecular weight excluding hydrogens is 368 g/mol. The SMILES string of the molecule is CC(C)c1cccc2sc(N(Cc3ccco3)C(=O)Cc3ccccc3)nc12. The zero-order chi connectivity index (χ0) is 19.5. The minimum Gasteiger partial charge on any atom is -0.467 e. The van der Waals surface area contributed by atoms with E-state index >= 15 is 0 Å². The van der Waals surface area contributed by atoms with Gasteiger partial charge >= 0.3 is 0 Å². The first-order valence-electron chi connectivity index (χ1n) is 9.38. The molecule has 2 aromatic carbocycles. The summed E-state index contributed by atoms with van der Waals surface area (Å²) in [4.78, 5) is 19.8. The number of rotatable bonds is 6. The van der Waals surface area contributed by atoms with Crippen LogP contribution in [0.5, 0.6) is 0 Å². The highest BCUT2D eigenvalue weighted by molar-refractivity contribution is 7.22. The molecule has 4 nitrogen and oxygen atoms in total. The fourth-order valence-electron chi connectivity index (χ4n) is 3.23. The van der Waals surface area contributed by atoms with Crippen LogP contribution in [0.25, 0.3) is 10.2 Å². The van der Waals surface area contributed by atoms with Crippen LogP contribution in [0.1, 0.15) is 36.7 Å². The number of anilines is 1. The molecule has 0 aliphatic rings. The molecule has 1 amide bonds. The monoisotopic (exact) mass is 390 g/mol. The Labute approximate surface area is 168 Å². The van der Waals surface area contributed by atoms with Crippen molar-refractivity contribution in [2.24, 2.45) is 0 Å². The Morgan fingerprint density at radius 1 is 1.07 bits per heavy atom. The summed E-state index contributed by atoms with van der Waals surface area (Å²) < 4.78 is 6.60. The molecule has 0 bridgehead atoms. The van der Waals surface area contributed by atoms with E-state index in [2.05, 4.69) is 32.0 Å². The lowest BCUT2D eigenvalue weighted by Crippen LogP contribution is -2.31. The van der Waals surface area contributed by atoms with E-state index < -0.39 is 0 Å². The molecular formula is C23H22N2O2S. The van der Waals surface area contributed by atoms with Gasteiger partial charge in [-0.3, -0.25) is 9.69 Å². The zero-order valence-electron chi connectivity index (χ0n) is 16.0. The summed E-state index contributed by atoms with van der Waals surface area (Å²) in [5, 5.41) is 0.709.